The Balaban J connectivity index is 1.41. The van der Waals surface area contributed by atoms with Crippen LogP contribution in [0.5, 0.6) is 0 Å². The Hall–Kier alpha value is -2.40. The Labute approximate surface area is 484 Å². The Morgan fingerprint density at radius 2 is 0.987 bits per heavy atom. The number of hydrogen-bond donors (Lipinski definition) is 0. The summed E-state index contributed by atoms with van der Waals surface area (Å²) in [6.45, 7) is 23.3. The Kier molecular flexibility index (Phi) is 25.0. The van der Waals surface area contributed by atoms with Crippen molar-refractivity contribution in [3.63, 3.8) is 0 Å². The molecule has 2 nitrogen and oxygen atoms in total. The predicted octanol–water partition coefficient (Wildman–Crippen LogP) is 25.0. The number of carbonyl (C=O) groups is 1. The van der Waals surface area contributed by atoms with E-state index in [2.05, 4.69) is 116 Å². The lowest BCUT2D eigenvalue weighted by atomic mass is 9.90. The fourth-order valence-corrected chi connectivity index (χ4v) is 19.2. The van der Waals surface area contributed by atoms with Crippen molar-refractivity contribution in [1.29, 1.82) is 0 Å². The van der Waals surface area contributed by atoms with Crippen molar-refractivity contribution in [2.24, 2.45) is 17.8 Å². The van der Waals surface area contributed by atoms with Crippen molar-refractivity contribution in [2.75, 3.05) is 6.61 Å². The molecule has 6 heterocycles. The summed E-state index contributed by atoms with van der Waals surface area (Å²) in [4.78, 5) is 24.6. The van der Waals surface area contributed by atoms with Gasteiger partial charge in [-0.2, -0.15) is 0 Å². The fourth-order valence-electron chi connectivity index (χ4n) is 11.7. The molecule has 7 rings (SSSR count). The van der Waals surface area contributed by atoms with Gasteiger partial charge in [-0.25, -0.2) is 9.18 Å². The lowest BCUT2D eigenvalue weighted by Crippen LogP contribution is -2.14. The first kappa shape index (κ1) is 61.2. The largest absolute Gasteiger partial charge is 0.461 e. The quantitative estimate of drug-likeness (QED) is 0.0289. The number of esters is 1. The van der Waals surface area contributed by atoms with E-state index in [-0.39, 0.29) is 4.88 Å². The van der Waals surface area contributed by atoms with Crippen LogP contribution in [0.3, 0.4) is 0 Å². The third-order valence-electron chi connectivity index (χ3n) is 16.4. The van der Waals surface area contributed by atoms with Gasteiger partial charge in [-0.15, -0.1) is 68.0 Å². The maximum Gasteiger partial charge on any atom is 0.351 e. The molecule has 0 radical (unpaired) electrons. The highest BCUT2D eigenvalue weighted by atomic mass is 32.1. The molecule has 0 spiro atoms. The van der Waals surface area contributed by atoms with Crippen LogP contribution in [-0.4, -0.2) is 12.6 Å². The van der Waals surface area contributed by atoms with E-state index in [4.69, 9.17) is 4.74 Å². The minimum Gasteiger partial charge on any atom is -0.461 e. The van der Waals surface area contributed by atoms with Gasteiger partial charge in [0.05, 0.1) is 16.2 Å². The van der Waals surface area contributed by atoms with E-state index >= 15 is 4.39 Å². The lowest BCUT2D eigenvalue weighted by molar-refractivity contribution is 0.0423. The minimum atomic E-state index is -0.501. The average molecular weight is 1140 g/mol. The third-order valence-corrected chi connectivity index (χ3v) is 23.8. The SMILES string of the molecule is CCCCCCc1sc(-c2c3cc(-c4sc(C)c5sc(C(=O)OCC(CCCC)CCCCCC)c(F)c45)sc3c(-c3cc(CC(CC)CCCC)c(CCCCCC)s3)c3cc(C)sc23)cc1CC(CC)CCCC. The average Bonchev–Trinajstić information content (AvgIpc) is 4.31. The number of unbranched alkanes of at least 4 members (excludes halogenated alkanes) is 12. The number of benzene rings is 1. The minimum absolute atomic E-state index is 0.129. The van der Waals surface area contributed by atoms with Crippen molar-refractivity contribution in [1.82, 2.24) is 0 Å². The van der Waals surface area contributed by atoms with Crippen molar-refractivity contribution in [3.8, 4) is 30.6 Å². The van der Waals surface area contributed by atoms with Gasteiger partial charge in [0.25, 0.3) is 0 Å². The zero-order valence-corrected chi connectivity index (χ0v) is 53.6. The highest BCUT2D eigenvalue weighted by molar-refractivity contribution is 7.31. The number of halogens is 1. The number of fused-ring (bicyclic) bond motifs is 3. The first-order valence-corrected chi connectivity index (χ1v) is 35.5. The summed E-state index contributed by atoms with van der Waals surface area (Å²) in [6.07, 6.45) is 34.0. The molecular formula is C67H95FO2S6. The normalized spacial score (nSPS) is 13.3. The van der Waals surface area contributed by atoms with Crippen LogP contribution in [0.15, 0.2) is 24.3 Å². The third kappa shape index (κ3) is 15.3. The number of ether oxygens (including phenoxy) is 1. The molecule has 0 aliphatic heterocycles. The second-order valence-electron chi connectivity index (χ2n) is 22.6. The number of thiophene rings is 6. The summed E-state index contributed by atoms with van der Waals surface area (Å²) in [5.41, 5.74) is 5.88. The molecular weight excluding hydrogens is 1050 g/mol. The van der Waals surface area contributed by atoms with E-state index in [0.29, 0.717) is 29.7 Å². The molecule has 0 saturated heterocycles. The maximum atomic E-state index is 17.4. The van der Waals surface area contributed by atoms with Gasteiger partial charge in [0, 0.05) is 70.8 Å². The van der Waals surface area contributed by atoms with Gasteiger partial charge in [-0.05, 0) is 118 Å². The van der Waals surface area contributed by atoms with E-state index in [1.165, 1.54) is 179 Å². The first-order chi connectivity index (χ1) is 37.0. The summed E-state index contributed by atoms with van der Waals surface area (Å²) >= 11 is 11.0. The summed E-state index contributed by atoms with van der Waals surface area (Å²) in [5, 5.41) is 3.27. The number of hydrogen-bond acceptors (Lipinski definition) is 8. The molecule has 0 saturated carbocycles. The molecule has 1 aromatic carbocycles. The summed E-state index contributed by atoms with van der Waals surface area (Å²) < 4.78 is 27.0. The molecule has 0 amide bonds. The van der Waals surface area contributed by atoms with Gasteiger partial charge >= 0.3 is 5.97 Å². The molecule has 0 fully saturated rings. The van der Waals surface area contributed by atoms with E-state index in [9.17, 15) is 4.79 Å². The molecule has 0 aliphatic carbocycles. The van der Waals surface area contributed by atoms with Gasteiger partial charge in [0.1, 0.15) is 4.88 Å². The molecule has 418 valence electrons. The number of aryl methyl sites for hydroxylation is 4. The zero-order chi connectivity index (χ0) is 54.1. The monoisotopic (exact) mass is 1140 g/mol. The van der Waals surface area contributed by atoms with Crippen LogP contribution >= 0.6 is 68.0 Å². The predicted molar refractivity (Wildman–Crippen MR) is 344 cm³/mol. The summed E-state index contributed by atoms with van der Waals surface area (Å²) in [7, 11) is 0. The second-order valence-corrected chi connectivity index (χ2v) is 29.4. The highest BCUT2D eigenvalue weighted by Crippen LogP contribution is 2.56. The van der Waals surface area contributed by atoms with Crippen LogP contribution in [0.2, 0.25) is 0 Å². The van der Waals surface area contributed by atoms with Crippen molar-refractivity contribution < 1.29 is 13.9 Å². The van der Waals surface area contributed by atoms with Crippen LogP contribution in [-0.2, 0) is 30.4 Å². The summed E-state index contributed by atoms with van der Waals surface area (Å²) in [6, 6.07) is 10.2. The van der Waals surface area contributed by atoms with Gasteiger partial charge in [-0.3, -0.25) is 0 Å². The fraction of sp³-hybridized carbons (Fsp3) is 0.627. The van der Waals surface area contributed by atoms with Gasteiger partial charge in [0.2, 0.25) is 0 Å². The Morgan fingerprint density at radius 3 is 1.51 bits per heavy atom. The Morgan fingerprint density at radius 1 is 0.500 bits per heavy atom. The number of carbonyl (C=O) groups excluding carboxylic acids is 1. The molecule has 0 N–H and O–H groups in total. The molecule has 7 aromatic rings. The van der Waals surface area contributed by atoms with E-state index in [1.54, 1.807) is 32.2 Å². The van der Waals surface area contributed by atoms with Crippen LogP contribution in [0.25, 0.3) is 60.9 Å². The molecule has 3 atom stereocenters. The van der Waals surface area contributed by atoms with Crippen molar-refractivity contribution in [2.45, 2.75) is 249 Å². The molecule has 76 heavy (non-hydrogen) atoms. The second kappa shape index (κ2) is 31.0. The zero-order valence-electron chi connectivity index (χ0n) is 48.7. The van der Waals surface area contributed by atoms with E-state index in [1.807, 2.05) is 22.7 Å². The standard InChI is InChI=1S/C67H95FO2S6/c1-11-19-25-28-34-48(33-24-16-6)43-70-67(69)66-61(68)60-62(76-66)45(10)72-65(60)57-42-52-59(56-41-50(39-47(18-8)32-23-15-5)54(74-56)36-30-27-21-13-3)63-51(37-44(9)71-63)58(64(52)75-57)55-40-49(38-46(17-7)31-22-14-4)53(73-55)35-29-26-20-12-2/h37,40-42,46-48H,11-36,38-39,43H2,1-10H3. The Bertz CT molecular complexity index is 2750. The van der Waals surface area contributed by atoms with Gasteiger partial charge in [0.15, 0.2) is 5.82 Å². The topological polar surface area (TPSA) is 26.3 Å². The van der Waals surface area contributed by atoms with E-state index in [0.717, 1.165) is 77.1 Å². The van der Waals surface area contributed by atoms with Crippen LogP contribution < -0.4 is 0 Å². The smallest absolute Gasteiger partial charge is 0.351 e. The molecule has 0 aliphatic rings. The maximum absolute atomic E-state index is 17.4. The summed E-state index contributed by atoms with van der Waals surface area (Å²) in [5.74, 6) is 0.802. The number of rotatable bonds is 36. The van der Waals surface area contributed by atoms with Crippen molar-refractivity contribution >= 4 is 104 Å². The molecule has 3 unspecified atom stereocenters. The lowest BCUT2D eigenvalue weighted by Gasteiger charge is -2.16. The van der Waals surface area contributed by atoms with Crippen LogP contribution in [0.1, 0.15) is 250 Å². The van der Waals surface area contributed by atoms with E-state index < -0.39 is 11.8 Å². The van der Waals surface area contributed by atoms with Crippen molar-refractivity contribution in [3.05, 3.63) is 65.6 Å². The first-order valence-electron chi connectivity index (χ1n) is 30.6. The molecule has 6 aromatic heterocycles. The highest BCUT2D eigenvalue weighted by Gasteiger charge is 2.30. The van der Waals surface area contributed by atoms with Gasteiger partial charge < -0.3 is 4.74 Å². The molecule has 9 heteroatoms. The van der Waals surface area contributed by atoms with Crippen LogP contribution in [0.4, 0.5) is 4.39 Å². The van der Waals surface area contributed by atoms with Crippen LogP contribution in [0, 0.1) is 37.4 Å². The molecule has 0 bridgehead atoms. The van der Waals surface area contributed by atoms with Gasteiger partial charge in [-0.1, -0.05) is 184 Å².